The number of aryl methyl sites for hydroxylation is 2. The second-order valence-electron chi connectivity index (χ2n) is 6.58. The molecule has 0 heterocycles. The molecule has 0 bridgehead atoms. The number of rotatable bonds is 6. The summed E-state index contributed by atoms with van der Waals surface area (Å²) in [5.74, 6) is 0.872. The van der Waals surface area contributed by atoms with Crippen molar-refractivity contribution in [2.75, 3.05) is 5.75 Å². The molecule has 2 aromatic rings. The molecule has 0 spiro atoms. The van der Waals surface area contributed by atoms with E-state index < -0.39 is 0 Å². The van der Waals surface area contributed by atoms with E-state index in [1.165, 1.54) is 42.4 Å². The smallest absolute Gasteiger partial charge is 0.221 e. The van der Waals surface area contributed by atoms with E-state index >= 15 is 0 Å². The van der Waals surface area contributed by atoms with Crippen LogP contribution in [0.5, 0.6) is 0 Å². The second kappa shape index (κ2) is 8.77. The number of hydrogen-bond donors (Lipinski definition) is 1. The van der Waals surface area contributed by atoms with Crippen LogP contribution >= 0.6 is 23.4 Å². The Bertz CT molecular complexity index is 729. The SMILES string of the molecule is CC(NC(=O)CCSc1ccc(Cl)cc1)c1ccc2c(c1)CCCC2. The third-order valence-corrected chi connectivity index (χ3v) is 5.93. The predicted molar refractivity (Wildman–Crippen MR) is 106 cm³/mol. The fourth-order valence-corrected chi connectivity index (χ4v) is 4.19. The first-order chi connectivity index (χ1) is 12.1. The van der Waals surface area contributed by atoms with Crippen molar-refractivity contribution in [3.05, 3.63) is 64.2 Å². The Kier molecular flexibility index (Phi) is 6.44. The van der Waals surface area contributed by atoms with E-state index in [0.717, 1.165) is 15.7 Å². The molecular weight excluding hydrogens is 350 g/mol. The number of hydrogen-bond acceptors (Lipinski definition) is 2. The number of nitrogens with one attached hydrogen (secondary N) is 1. The Labute approximate surface area is 159 Å². The van der Waals surface area contributed by atoms with Gasteiger partial charge in [-0.2, -0.15) is 0 Å². The molecule has 0 aromatic heterocycles. The van der Waals surface area contributed by atoms with Gasteiger partial charge in [0.15, 0.2) is 0 Å². The fourth-order valence-electron chi connectivity index (χ4n) is 3.21. The molecule has 132 valence electrons. The van der Waals surface area contributed by atoms with Crippen LogP contribution in [0, 0.1) is 0 Å². The highest BCUT2D eigenvalue weighted by Gasteiger charge is 2.14. The lowest BCUT2D eigenvalue weighted by Crippen LogP contribution is -2.27. The highest BCUT2D eigenvalue weighted by atomic mass is 35.5. The van der Waals surface area contributed by atoms with E-state index in [2.05, 4.69) is 30.4 Å². The van der Waals surface area contributed by atoms with Crippen molar-refractivity contribution < 1.29 is 4.79 Å². The molecule has 1 amide bonds. The van der Waals surface area contributed by atoms with Crippen LogP contribution in [-0.2, 0) is 17.6 Å². The van der Waals surface area contributed by atoms with Crippen LogP contribution in [0.3, 0.4) is 0 Å². The topological polar surface area (TPSA) is 29.1 Å². The maximum atomic E-state index is 12.2. The van der Waals surface area contributed by atoms with Gasteiger partial charge in [0.25, 0.3) is 0 Å². The van der Waals surface area contributed by atoms with Gasteiger partial charge in [0, 0.05) is 22.1 Å². The van der Waals surface area contributed by atoms with Crippen molar-refractivity contribution in [1.82, 2.24) is 5.32 Å². The third-order valence-electron chi connectivity index (χ3n) is 4.66. The summed E-state index contributed by atoms with van der Waals surface area (Å²) in [6.07, 6.45) is 5.45. The largest absolute Gasteiger partial charge is 0.350 e. The Morgan fingerprint density at radius 2 is 1.84 bits per heavy atom. The van der Waals surface area contributed by atoms with Gasteiger partial charge in [-0.1, -0.05) is 29.8 Å². The molecule has 1 aliphatic rings. The van der Waals surface area contributed by atoms with Crippen molar-refractivity contribution in [3.8, 4) is 0 Å². The molecule has 4 heteroatoms. The summed E-state index contributed by atoms with van der Waals surface area (Å²) in [4.78, 5) is 13.4. The Morgan fingerprint density at radius 1 is 1.12 bits per heavy atom. The van der Waals surface area contributed by atoms with E-state index in [1.54, 1.807) is 11.8 Å². The normalized spacial score (nSPS) is 14.6. The average Bonchev–Trinajstić information content (AvgIpc) is 2.63. The van der Waals surface area contributed by atoms with Crippen LogP contribution in [0.15, 0.2) is 47.4 Å². The minimum Gasteiger partial charge on any atom is -0.350 e. The van der Waals surface area contributed by atoms with Gasteiger partial charge in [0.1, 0.15) is 0 Å². The van der Waals surface area contributed by atoms with Gasteiger partial charge in [-0.15, -0.1) is 11.8 Å². The summed E-state index contributed by atoms with van der Waals surface area (Å²) in [6.45, 7) is 2.06. The zero-order valence-corrected chi connectivity index (χ0v) is 16.1. The lowest BCUT2D eigenvalue weighted by Gasteiger charge is -2.20. The highest BCUT2D eigenvalue weighted by molar-refractivity contribution is 7.99. The standard InChI is InChI=1S/C21H24ClNOS/c1-15(17-7-6-16-4-2-3-5-18(16)14-17)23-21(24)12-13-25-20-10-8-19(22)9-11-20/h6-11,14-15H,2-5,12-13H2,1H3,(H,23,24). The third kappa shape index (κ3) is 5.26. The van der Waals surface area contributed by atoms with Crippen molar-refractivity contribution in [3.63, 3.8) is 0 Å². The molecule has 0 fully saturated rings. The average molecular weight is 374 g/mol. The first kappa shape index (κ1) is 18.3. The number of carbonyl (C=O) groups excluding carboxylic acids is 1. The van der Waals surface area contributed by atoms with E-state index in [4.69, 9.17) is 11.6 Å². The number of carbonyl (C=O) groups is 1. The summed E-state index contributed by atoms with van der Waals surface area (Å²) >= 11 is 7.56. The highest BCUT2D eigenvalue weighted by Crippen LogP contribution is 2.25. The van der Waals surface area contributed by atoms with Crippen molar-refractivity contribution in [2.24, 2.45) is 0 Å². The number of amides is 1. The minimum absolute atomic E-state index is 0.0558. The maximum Gasteiger partial charge on any atom is 0.221 e. The molecule has 1 unspecified atom stereocenters. The number of benzene rings is 2. The van der Waals surface area contributed by atoms with Gasteiger partial charge in [-0.05, 0) is 73.6 Å². The van der Waals surface area contributed by atoms with Crippen LogP contribution in [0.4, 0.5) is 0 Å². The zero-order valence-electron chi connectivity index (χ0n) is 14.6. The number of thioether (sulfide) groups is 1. The summed E-state index contributed by atoms with van der Waals surface area (Å²) < 4.78 is 0. The second-order valence-corrected chi connectivity index (χ2v) is 8.18. The lowest BCUT2D eigenvalue weighted by molar-refractivity contribution is -0.121. The molecule has 0 aliphatic heterocycles. The van der Waals surface area contributed by atoms with Gasteiger partial charge >= 0.3 is 0 Å². The lowest BCUT2D eigenvalue weighted by atomic mass is 9.89. The fraction of sp³-hybridized carbons (Fsp3) is 0.381. The van der Waals surface area contributed by atoms with Gasteiger partial charge in [0.05, 0.1) is 6.04 Å². The molecule has 3 rings (SSSR count). The van der Waals surface area contributed by atoms with E-state index in [-0.39, 0.29) is 11.9 Å². The van der Waals surface area contributed by atoms with Gasteiger partial charge in [-0.3, -0.25) is 4.79 Å². The minimum atomic E-state index is 0.0558. The summed E-state index contributed by atoms with van der Waals surface area (Å²) in [7, 11) is 0. The maximum absolute atomic E-state index is 12.2. The first-order valence-electron chi connectivity index (χ1n) is 8.91. The van der Waals surface area contributed by atoms with Crippen LogP contribution in [-0.4, -0.2) is 11.7 Å². The monoisotopic (exact) mass is 373 g/mol. The molecular formula is C21H24ClNOS. The number of fused-ring (bicyclic) bond motifs is 1. The molecule has 2 aromatic carbocycles. The van der Waals surface area contributed by atoms with E-state index in [0.29, 0.717) is 6.42 Å². The molecule has 2 nitrogen and oxygen atoms in total. The van der Waals surface area contributed by atoms with Crippen LogP contribution in [0.2, 0.25) is 5.02 Å². The van der Waals surface area contributed by atoms with Crippen LogP contribution in [0.25, 0.3) is 0 Å². The molecule has 0 saturated carbocycles. The van der Waals surface area contributed by atoms with Crippen LogP contribution in [0.1, 0.15) is 48.9 Å². The zero-order chi connectivity index (χ0) is 17.6. The molecule has 0 saturated heterocycles. The molecule has 1 N–H and O–H groups in total. The summed E-state index contributed by atoms with van der Waals surface area (Å²) in [5.41, 5.74) is 4.15. The summed E-state index contributed by atoms with van der Waals surface area (Å²) in [6, 6.07) is 14.5. The van der Waals surface area contributed by atoms with Gasteiger partial charge in [-0.25, -0.2) is 0 Å². The van der Waals surface area contributed by atoms with Crippen LogP contribution < -0.4 is 5.32 Å². The summed E-state index contributed by atoms with van der Waals surface area (Å²) in [5, 5.41) is 3.86. The Morgan fingerprint density at radius 3 is 2.60 bits per heavy atom. The van der Waals surface area contributed by atoms with Crippen molar-refractivity contribution in [1.29, 1.82) is 0 Å². The molecule has 25 heavy (non-hydrogen) atoms. The molecule has 1 atom stereocenters. The van der Waals surface area contributed by atoms with E-state index in [1.807, 2.05) is 24.3 Å². The number of halogens is 1. The van der Waals surface area contributed by atoms with E-state index in [9.17, 15) is 4.79 Å². The van der Waals surface area contributed by atoms with Crippen molar-refractivity contribution >= 4 is 29.3 Å². The Hall–Kier alpha value is -1.45. The van der Waals surface area contributed by atoms with Gasteiger partial charge in [0.2, 0.25) is 5.91 Å². The molecule has 0 radical (unpaired) electrons. The molecule has 1 aliphatic carbocycles. The quantitative estimate of drug-likeness (QED) is 0.670. The van der Waals surface area contributed by atoms with Gasteiger partial charge < -0.3 is 5.32 Å². The predicted octanol–water partition coefficient (Wildman–Crippen LogP) is 5.58. The van der Waals surface area contributed by atoms with Crippen molar-refractivity contribution in [2.45, 2.75) is 50.0 Å². The Balaban J connectivity index is 1.48. The first-order valence-corrected chi connectivity index (χ1v) is 10.3.